The van der Waals surface area contributed by atoms with Crippen LogP contribution in [0, 0.1) is 13.8 Å². The van der Waals surface area contributed by atoms with Gasteiger partial charge in [-0.05, 0) is 44.0 Å². The van der Waals surface area contributed by atoms with Crippen LogP contribution in [-0.4, -0.2) is 25.0 Å². The van der Waals surface area contributed by atoms with Crippen LogP contribution in [0.25, 0.3) is 16.8 Å². The Morgan fingerprint density at radius 2 is 2.04 bits per heavy atom. The Hall–Kier alpha value is -2.89. The average Bonchev–Trinajstić information content (AvgIpc) is 3.01. The Labute approximate surface area is 139 Å². The van der Waals surface area contributed by atoms with Crippen molar-refractivity contribution in [3.63, 3.8) is 0 Å². The molecule has 3 aromatic rings. The summed E-state index contributed by atoms with van der Waals surface area (Å²) in [5.41, 5.74) is 4.66. The summed E-state index contributed by atoms with van der Waals surface area (Å²) in [5.74, 6) is -0.837. The number of nitrogens with zero attached hydrogens (tertiary/aromatic N) is 3. The summed E-state index contributed by atoms with van der Waals surface area (Å²) in [4.78, 5) is 27.9. The molecule has 0 unspecified atom stereocenters. The van der Waals surface area contributed by atoms with E-state index in [4.69, 9.17) is 5.11 Å². The highest BCUT2D eigenvalue weighted by atomic mass is 16.4. The van der Waals surface area contributed by atoms with Crippen LogP contribution in [-0.2, 0) is 18.3 Å². The second-order valence-electron chi connectivity index (χ2n) is 5.96. The van der Waals surface area contributed by atoms with Gasteiger partial charge < -0.3 is 14.1 Å². The van der Waals surface area contributed by atoms with Crippen LogP contribution in [0.3, 0.4) is 0 Å². The van der Waals surface area contributed by atoms with Gasteiger partial charge in [-0.3, -0.25) is 9.59 Å². The summed E-state index contributed by atoms with van der Waals surface area (Å²) >= 11 is 0. The molecule has 0 aliphatic heterocycles. The van der Waals surface area contributed by atoms with Crippen molar-refractivity contribution >= 4 is 11.6 Å². The largest absolute Gasteiger partial charge is 0.481 e. The van der Waals surface area contributed by atoms with Crippen molar-refractivity contribution in [1.29, 1.82) is 0 Å². The number of rotatable bonds is 4. The van der Waals surface area contributed by atoms with Crippen molar-refractivity contribution in [2.24, 2.45) is 7.05 Å². The predicted molar refractivity (Wildman–Crippen MR) is 91.3 cm³/mol. The molecular weight excluding hydrogens is 306 g/mol. The minimum atomic E-state index is -0.837. The van der Waals surface area contributed by atoms with Gasteiger partial charge in [0.05, 0.1) is 12.0 Å². The predicted octanol–water partition coefficient (Wildman–Crippen LogP) is 2.33. The van der Waals surface area contributed by atoms with E-state index in [0.29, 0.717) is 17.6 Å². The molecule has 0 bridgehead atoms. The van der Waals surface area contributed by atoms with Gasteiger partial charge in [0.2, 0.25) is 0 Å². The molecule has 1 N–H and O–H groups in total. The van der Waals surface area contributed by atoms with Gasteiger partial charge in [0, 0.05) is 36.4 Å². The van der Waals surface area contributed by atoms with Crippen LogP contribution < -0.4 is 5.56 Å². The first kappa shape index (κ1) is 16.0. The molecule has 0 radical (unpaired) electrons. The van der Waals surface area contributed by atoms with E-state index in [0.717, 1.165) is 22.5 Å². The zero-order valence-electron chi connectivity index (χ0n) is 13.9. The summed E-state index contributed by atoms with van der Waals surface area (Å²) in [5, 5.41) is 8.89. The maximum Gasteiger partial charge on any atom is 0.303 e. The van der Waals surface area contributed by atoms with Crippen molar-refractivity contribution in [2.75, 3.05) is 0 Å². The Balaban J connectivity index is 2.22. The summed E-state index contributed by atoms with van der Waals surface area (Å²) in [6, 6.07) is 5.71. The van der Waals surface area contributed by atoms with Crippen LogP contribution >= 0.6 is 0 Å². The van der Waals surface area contributed by atoms with E-state index in [-0.39, 0.29) is 12.0 Å². The van der Waals surface area contributed by atoms with Gasteiger partial charge in [-0.2, -0.15) is 0 Å². The molecule has 124 valence electrons. The molecule has 0 saturated carbocycles. The number of carboxylic acid groups (broad SMARTS) is 1. The number of imidazole rings is 1. The van der Waals surface area contributed by atoms with Crippen LogP contribution in [0.4, 0.5) is 0 Å². The number of fused-ring (bicyclic) bond motifs is 1. The normalized spacial score (nSPS) is 11.1. The van der Waals surface area contributed by atoms with Gasteiger partial charge in [-0.25, -0.2) is 4.98 Å². The molecule has 24 heavy (non-hydrogen) atoms. The lowest BCUT2D eigenvalue weighted by Gasteiger charge is -2.13. The third-order valence-electron chi connectivity index (χ3n) is 4.37. The maximum absolute atomic E-state index is 12.7. The van der Waals surface area contributed by atoms with Crippen molar-refractivity contribution in [3.8, 4) is 11.1 Å². The first-order valence-corrected chi connectivity index (χ1v) is 7.74. The molecule has 0 fully saturated rings. The zero-order chi connectivity index (χ0) is 17.4. The van der Waals surface area contributed by atoms with E-state index in [1.54, 1.807) is 24.0 Å². The highest BCUT2D eigenvalue weighted by Crippen LogP contribution is 2.25. The monoisotopic (exact) mass is 325 g/mol. The Morgan fingerprint density at radius 1 is 1.29 bits per heavy atom. The molecule has 3 rings (SSSR count). The summed E-state index contributed by atoms with van der Waals surface area (Å²) < 4.78 is 3.48. The van der Waals surface area contributed by atoms with Crippen LogP contribution in [0.1, 0.15) is 23.4 Å². The highest BCUT2D eigenvalue weighted by molar-refractivity contribution is 5.79. The second-order valence-corrected chi connectivity index (χ2v) is 5.96. The van der Waals surface area contributed by atoms with E-state index in [1.807, 2.05) is 36.4 Å². The minimum Gasteiger partial charge on any atom is -0.481 e. The molecule has 6 nitrogen and oxygen atoms in total. The Morgan fingerprint density at radius 3 is 2.75 bits per heavy atom. The minimum absolute atomic E-state index is 0.0535. The fourth-order valence-corrected chi connectivity index (χ4v) is 3.01. The molecule has 0 spiro atoms. The fraction of sp³-hybridized carbons (Fsp3) is 0.278. The fourth-order valence-electron chi connectivity index (χ4n) is 3.01. The average molecular weight is 325 g/mol. The first-order valence-electron chi connectivity index (χ1n) is 7.74. The van der Waals surface area contributed by atoms with Gasteiger partial charge in [-0.1, -0.05) is 0 Å². The SMILES string of the molecule is Cc1cc(C)n(C)c(=O)c1-c1ccc(CCC(=O)O)n2ccnc12. The molecular formula is C18H19N3O3. The molecule has 3 aromatic heterocycles. The standard InChI is InChI=1S/C18H19N3O3/c1-11-10-12(2)20(3)18(24)16(11)14-6-4-13(5-7-15(22)23)21-9-8-19-17(14)21/h4,6,8-10H,5,7H2,1-3H3,(H,22,23). The van der Waals surface area contributed by atoms with Gasteiger partial charge in [0.1, 0.15) is 5.65 Å². The van der Waals surface area contributed by atoms with E-state index in [2.05, 4.69) is 4.98 Å². The van der Waals surface area contributed by atoms with Gasteiger partial charge in [0.15, 0.2) is 0 Å². The quantitative estimate of drug-likeness (QED) is 0.799. The lowest BCUT2D eigenvalue weighted by atomic mass is 10.0. The van der Waals surface area contributed by atoms with E-state index in [1.165, 1.54) is 0 Å². The Kier molecular flexibility index (Phi) is 3.97. The second kappa shape index (κ2) is 5.96. The van der Waals surface area contributed by atoms with Crippen LogP contribution in [0.15, 0.2) is 35.4 Å². The lowest BCUT2D eigenvalue weighted by Crippen LogP contribution is -2.22. The van der Waals surface area contributed by atoms with Crippen molar-refractivity contribution in [2.45, 2.75) is 26.7 Å². The number of pyridine rings is 2. The van der Waals surface area contributed by atoms with Crippen molar-refractivity contribution in [3.05, 3.63) is 57.9 Å². The molecule has 0 aliphatic rings. The van der Waals surface area contributed by atoms with Crippen LogP contribution in [0.2, 0.25) is 0 Å². The molecule has 0 saturated heterocycles. The number of aryl methyl sites for hydroxylation is 3. The molecule has 0 atom stereocenters. The third-order valence-corrected chi connectivity index (χ3v) is 4.37. The zero-order valence-corrected chi connectivity index (χ0v) is 13.9. The number of carboxylic acids is 1. The smallest absolute Gasteiger partial charge is 0.303 e. The molecule has 0 amide bonds. The van der Waals surface area contributed by atoms with Crippen molar-refractivity contribution < 1.29 is 9.90 Å². The highest BCUT2D eigenvalue weighted by Gasteiger charge is 2.16. The van der Waals surface area contributed by atoms with E-state index in [9.17, 15) is 9.59 Å². The molecule has 0 aromatic carbocycles. The molecule has 3 heterocycles. The van der Waals surface area contributed by atoms with Gasteiger partial charge >= 0.3 is 5.97 Å². The summed E-state index contributed by atoms with van der Waals surface area (Å²) in [6.45, 7) is 3.82. The third kappa shape index (κ3) is 2.60. The number of aromatic nitrogens is 3. The number of aliphatic carboxylic acids is 1. The van der Waals surface area contributed by atoms with Crippen molar-refractivity contribution in [1.82, 2.24) is 14.0 Å². The lowest BCUT2D eigenvalue weighted by molar-refractivity contribution is -0.136. The molecule has 0 aliphatic carbocycles. The number of hydrogen-bond donors (Lipinski definition) is 1. The number of carbonyl (C=O) groups is 1. The summed E-state index contributed by atoms with van der Waals surface area (Å²) in [6.07, 6.45) is 3.92. The topological polar surface area (TPSA) is 76.6 Å². The maximum atomic E-state index is 12.7. The van der Waals surface area contributed by atoms with Crippen LogP contribution in [0.5, 0.6) is 0 Å². The van der Waals surface area contributed by atoms with Gasteiger partial charge in [0.25, 0.3) is 5.56 Å². The molecule has 6 heteroatoms. The van der Waals surface area contributed by atoms with E-state index >= 15 is 0 Å². The number of hydrogen-bond acceptors (Lipinski definition) is 3. The Bertz CT molecular complexity index is 999. The summed E-state index contributed by atoms with van der Waals surface area (Å²) in [7, 11) is 1.75. The van der Waals surface area contributed by atoms with E-state index < -0.39 is 5.97 Å². The van der Waals surface area contributed by atoms with Gasteiger partial charge in [-0.15, -0.1) is 0 Å². The first-order chi connectivity index (χ1) is 11.4.